The molecule has 0 atom stereocenters. The molecular formula is C46H28N2OS. The third-order valence-corrected chi connectivity index (χ3v) is 11.4. The number of fused-ring (bicyclic) bond motifs is 11. The lowest BCUT2D eigenvalue weighted by molar-refractivity contribution is 0.669. The Morgan fingerprint density at radius 3 is 1.96 bits per heavy atom. The maximum Gasteiger partial charge on any atom is 0.137 e. The SMILES string of the molecule is c1ccc(-n2c3ccccc3c3cc(N(c4ccc5c(ccc6c7ccccc7sc56)c4)c4ccc5c(c4)oc4ccccc45)ccc32)cc1. The highest BCUT2D eigenvalue weighted by Gasteiger charge is 2.20. The number of hydrogen-bond acceptors (Lipinski definition) is 3. The normalized spacial score (nSPS) is 12.0. The predicted molar refractivity (Wildman–Crippen MR) is 213 cm³/mol. The van der Waals surface area contributed by atoms with E-state index in [9.17, 15) is 0 Å². The Labute approximate surface area is 291 Å². The van der Waals surface area contributed by atoms with Crippen LogP contribution in [0.5, 0.6) is 0 Å². The predicted octanol–water partition coefficient (Wildman–Crippen LogP) is 13.7. The Morgan fingerprint density at radius 1 is 0.420 bits per heavy atom. The van der Waals surface area contributed by atoms with E-state index in [1.165, 1.54) is 52.8 Å². The van der Waals surface area contributed by atoms with Gasteiger partial charge in [-0.15, -0.1) is 11.3 Å². The fourth-order valence-electron chi connectivity index (χ4n) is 7.89. The van der Waals surface area contributed by atoms with Crippen molar-refractivity contribution in [3.63, 3.8) is 0 Å². The van der Waals surface area contributed by atoms with Crippen LogP contribution in [-0.4, -0.2) is 4.57 Å². The Kier molecular flexibility index (Phi) is 5.83. The first kappa shape index (κ1) is 27.6. The average Bonchev–Trinajstić information content (AvgIpc) is 3.84. The van der Waals surface area contributed by atoms with Gasteiger partial charge in [-0.2, -0.15) is 0 Å². The number of nitrogens with zero attached hydrogens (tertiary/aromatic N) is 2. The Bertz CT molecular complexity index is 3110. The van der Waals surface area contributed by atoms with Gasteiger partial charge in [0.05, 0.1) is 11.0 Å². The minimum absolute atomic E-state index is 0.878. The summed E-state index contributed by atoms with van der Waals surface area (Å²) in [5.74, 6) is 0. The molecular weight excluding hydrogens is 629 g/mol. The van der Waals surface area contributed by atoms with E-state index in [2.05, 4.69) is 167 Å². The third-order valence-electron chi connectivity index (χ3n) is 10.2. The maximum atomic E-state index is 6.41. The molecule has 0 radical (unpaired) electrons. The minimum Gasteiger partial charge on any atom is -0.456 e. The van der Waals surface area contributed by atoms with E-state index in [4.69, 9.17) is 4.42 Å². The third kappa shape index (κ3) is 4.03. The fourth-order valence-corrected chi connectivity index (χ4v) is 9.13. The molecule has 3 nitrogen and oxygen atoms in total. The van der Waals surface area contributed by atoms with Crippen LogP contribution in [0.25, 0.3) is 80.4 Å². The van der Waals surface area contributed by atoms with Crippen molar-refractivity contribution in [1.29, 1.82) is 0 Å². The number of anilines is 3. The molecule has 0 spiro atoms. The molecule has 0 bridgehead atoms. The lowest BCUT2D eigenvalue weighted by Crippen LogP contribution is -2.10. The molecule has 0 aliphatic heterocycles. The molecule has 0 saturated carbocycles. The molecule has 0 aliphatic carbocycles. The van der Waals surface area contributed by atoms with Gasteiger partial charge in [0.25, 0.3) is 0 Å². The Hall–Kier alpha value is -6.36. The molecule has 50 heavy (non-hydrogen) atoms. The first-order chi connectivity index (χ1) is 24.8. The first-order valence-corrected chi connectivity index (χ1v) is 17.7. The van der Waals surface area contributed by atoms with Gasteiger partial charge in [0.15, 0.2) is 0 Å². The van der Waals surface area contributed by atoms with E-state index in [0.29, 0.717) is 0 Å². The zero-order valence-corrected chi connectivity index (χ0v) is 27.7. The molecule has 3 aromatic heterocycles. The molecule has 0 saturated heterocycles. The molecule has 0 aliphatic rings. The molecule has 4 heteroatoms. The van der Waals surface area contributed by atoms with Crippen LogP contribution in [0.2, 0.25) is 0 Å². The van der Waals surface area contributed by atoms with Gasteiger partial charge in [0.1, 0.15) is 11.2 Å². The van der Waals surface area contributed by atoms with Crippen LogP contribution in [0, 0.1) is 0 Å². The number of thiophene rings is 1. The molecule has 0 N–H and O–H groups in total. The van der Waals surface area contributed by atoms with Crippen molar-refractivity contribution in [2.45, 2.75) is 0 Å². The maximum absolute atomic E-state index is 6.41. The lowest BCUT2D eigenvalue weighted by Gasteiger charge is -2.26. The van der Waals surface area contributed by atoms with Crippen molar-refractivity contribution in [2.24, 2.45) is 0 Å². The van der Waals surface area contributed by atoms with E-state index in [1.54, 1.807) is 0 Å². The van der Waals surface area contributed by atoms with Crippen molar-refractivity contribution < 1.29 is 4.42 Å². The topological polar surface area (TPSA) is 21.3 Å². The van der Waals surface area contributed by atoms with Gasteiger partial charge in [-0.3, -0.25) is 0 Å². The molecule has 0 fully saturated rings. The molecule has 11 aromatic rings. The molecule has 11 rings (SSSR count). The summed E-state index contributed by atoms with van der Waals surface area (Å²) in [5, 5.41) is 9.83. The molecule has 0 amide bonds. The van der Waals surface area contributed by atoms with Crippen LogP contribution in [-0.2, 0) is 0 Å². The molecule has 0 unspecified atom stereocenters. The van der Waals surface area contributed by atoms with Gasteiger partial charge in [-0.25, -0.2) is 0 Å². The second-order valence-corrected chi connectivity index (χ2v) is 14.0. The molecule has 234 valence electrons. The summed E-state index contributed by atoms with van der Waals surface area (Å²) >= 11 is 1.88. The summed E-state index contributed by atoms with van der Waals surface area (Å²) < 4.78 is 11.4. The summed E-state index contributed by atoms with van der Waals surface area (Å²) in [6, 6.07) is 61.3. The number of hydrogen-bond donors (Lipinski definition) is 0. The lowest BCUT2D eigenvalue weighted by atomic mass is 10.0. The second kappa shape index (κ2) is 10.6. The van der Waals surface area contributed by atoms with Gasteiger partial charge >= 0.3 is 0 Å². The Balaban J connectivity index is 1.15. The standard InChI is InChI=1S/C46H28N2OS/c1-2-10-30(11-3-1)48-41-15-7-4-12-35(41)40-27-32(21-25-42(40)48)47(33-20-24-37-36-13-5-8-16-43(36)49-44(37)28-33)31-19-23-34-29(26-31)18-22-39-38-14-6-9-17-45(38)50-46(34)39/h1-28H. The van der Waals surface area contributed by atoms with Crippen LogP contribution in [0.1, 0.15) is 0 Å². The van der Waals surface area contributed by atoms with Crippen molar-refractivity contribution in [3.8, 4) is 5.69 Å². The zero-order chi connectivity index (χ0) is 32.8. The van der Waals surface area contributed by atoms with E-state index < -0.39 is 0 Å². The molecule has 8 aromatic carbocycles. The fraction of sp³-hybridized carbons (Fsp3) is 0. The number of benzene rings is 8. The van der Waals surface area contributed by atoms with E-state index in [-0.39, 0.29) is 0 Å². The Morgan fingerprint density at radius 2 is 1.06 bits per heavy atom. The van der Waals surface area contributed by atoms with Gasteiger partial charge < -0.3 is 13.9 Å². The van der Waals surface area contributed by atoms with Crippen molar-refractivity contribution in [1.82, 2.24) is 4.57 Å². The van der Waals surface area contributed by atoms with Gasteiger partial charge in [0, 0.05) is 70.5 Å². The summed E-state index contributed by atoms with van der Waals surface area (Å²) in [7, 11) is 0. The second-order valence-electron chi connectivity index (χ2n) is 12.9. The smallest absolute Gasteiger partial charge is 0.137 e. The molecule has 3 heterocycles. The van der Waals surface area contributed by atoms with Crippen molar-refractivity contribution in [2.75, 3.05) is 4.90 Å². The van der Waals surface area contributed by atoms with Crippen molar-refractivity contribution >= 4 is 103 Å². The highest BCUT2D eigenvalue weighted by Crippen LogP contribution is 2.44. The van der Waals surface area contributed by atoms with E-state index >= 15 is 0 Å². The highest BCUT2D eigenvalue weighted by molar-refractivity contribution is 7.26. The van der Waals surface area contributed by atoms with Gasteiger partial charge in [-0.1, -0.05) is 91.0 Å². The van der Waals surface area contributed by atoms with Gasteiger partial charge in [0.2, 0.25) is 0 Å². The zero-order valence-electron chi connectivity index (χ0n) is 26.9. The number of furan rings is 1. The van der Waals surface area contributed by atoms with E-state index in [0.717, 1.165) is 44.7 Å². The summed E-state index contributed by atoms with van der Waals surface area (Å²) in [4.78, 5) is 2.37. The quantitative estimate of drug-likeness (QED) is 0.188. The highest BCUT2D eigenvalue weighted by atomic mass is 32.1. The summed E-state index contributed by atoms with van der Waals surface area (Å²) in [6.45, 7) is 0. The van der Waals surface area contributed by atoms with Crippen LogP contribution in [0.15, 0.2) is 174 Å². The van der Waals surface area contributed by atoms with Crippen molar-refractivity contribution in [3.05, 3.63) is 170 Å². The van der Waals surface area contributed by atoms with E-state index in [1.807, 2.05) is 23.5 Å². The minimum atomic E-state index is 0.878. The van der Waals surface area contributed by atoms with Crippen LogP contribution >= 0.6 is 11.3 Å². The summed E-state index contributed by atoms with van der Waals surface area (Å²) in [6.07, 6.45) is 0. The van der Waals surface area contributed by atoms with Gasteiger partial charge in [-0.05, 0) is 83.6 Å². The first-order valence-electron chi connectivity index (χ1n) is 16.9. The number of para-hydroxylation sites is 3. The van der Waals surface area contributed by atoms with Crippen LogP contribution < -0.4 is 4.90 Å². The number of rotatable bonds is 4. The van der Waals surface area contributed by atoms with Crippen LogP contribution in [0.3, 0.4) is 0 Å². The van der Waals surface area contributed by atoms with Crippen LogP contribution in [0.4, 0.5) is 17.1 Å². The largest absolute Gasteiger partial charge is 0.456 e. The average molecular weight is 657 g/mol. The summed E-state index contributed by atoms with van der Waals surface area (Å²) in [5.41, 5.74) is 8.54. The monoisotopic (exact) mass is 656 g/mol. The number of aromatic nitrogens is 1.